The molecule has 142 valence electrons. The lowest BCUT2D eigenvalue weighted by Gasteiger charge is -2.29. The molecule has 0 aliphatic heterocycles. The average molecular weight is 405 g/mol. The predicted octanol–water partition coefficient (Wildman–Crippen LogP) is 3.71. The lowest BCUT2D eigenvalue weighted by Crippen LogP contribution is -2.35. The van der Waals surface area contributed by atoms with Crippen LogP contribution in [0.1, 0.15) is 46.7 Å². The van der Waals surface area contributed by atoms with Crippen LogP contribution in [0.4, 0.5) is 0 Å². The Labute approximate surface area is 166 Å². The van der Waals surface area contributed by atoms with Crippen molar-refractivity contribution >= 4 is 35.1 Å². The van der Waals surface area contributed by atoms with E-state index in [9.17, 15) is 14.4 Å². The predicted molar refractivity (Wildman–Crippen MR) is 108 cm³/mol. The second kappa shape index (κ2) is 7.90. The van der Waals surface area contributed by atoms with E-state index in [-0.39, 0.29) is 16.8 Å². The number of pyridine rings is 1. The van der Waals surface area contributed by atoms with Gasteiger partial charge in [0.05, 0.1) is 0 Å². The zero-order chi connectivity index (χ0) is 19.6. The Bertz CT molecular complexity index is 935. The minimum absolute atomic E-state index is 0.0155. The fourth-order valence-corrected chi connectivity index (χ4v) is 4.05. The van der Waals surface area contributed by atoms with E-state index in [1.165, 1.54) is 6.07 Å². The molecule has 0 atom stereocenters. The molecule has 0 spiro atoms. The van der Waals surface area contributed by atoms with Crippen LogP contribution in [-0.4, -0.2) is 29.0 Å². The quantitative estimate of drug-likeness (QED) is 0.588. The third-order valence-corrected chi connectivity index (χ3v) is 5.70. The van der Waals surface area contributed by atoms with Crippen LogP contribution in [-0.2, 0) is 6.42 Å². The van der Waals surface area contributed by atoms with Gasteiger partial charge in [0.1, 0.15) is 5.56 Å². The Morgan fingerprint density at radius 1 is 1.22 bits per heavy atom. The molecule has 0 unspecified atom stereocenters. The highest BCUT2D eigenvalue weighted by atomic mass is 35.5. The monoisotopic (exact) mass is 404 g/mol. The average Bonchev–Trinajstić information content (AvgIpc) is 2.58. The normalized spacial score (nSPS) is 15.3. The van der Waals surface area contributed by atoms with Crippen LogP contribution in [0.3, 0.4) is 0 Å². The van der Waals surface area contributed by atoms with Crippen LogP contribution in [0, 0.1) is 5.41 Å². The molecule has 1 aromatic carbocycles. The molecule has 0 saturated heterocycles. The highest BCUT2D eigenvalue weighted by molar-refractivity contribution is 7.99. The van der Waals surface area contributed by atoms with Gasteiger partial charge in [0.15, 0.2) is 5.78 Å². The molecule has 27 heavy (non-hydrogen) atoms. The van der Waals surface area contributed by atoms with Gasteiger partial charge in [-0.25, -0.2) is 0 Å². The second-order valence-corrected chi connectivity index (χ2v) is 9.01. The number of ketones is 1. The summed E-state index contributed by atoms with van der Waals surface area (Å²) in [5.41, 5.74) is 0.418. The lowest BCUT2D eigenvalue weighted by molar-refractivity contribution is 0.0910. The molecule has 0 fully saturated rings. The number of hydrogen-bond acceptors (Lipinski definition) is 4. The van der Waals surface area contributed by atoms with Crippen molar-refractivity contribution in [1.82, 2.24) is 10.3 Å². The maximum Gasteiger partial charge on any atom is 0.261 e. The first-order valence-electron chi connectivity index (χ1n) is 8.71. The van der Waals surface area contributed by atoms with Crippen molar-refractivity contribution in [2.75, 3.05) is 12.3 Å². The number of aromatic amines is 1. The first-order chi connectivity index (χ1) is 12.7. The number of benzene rings is 1. The van der Waals surface area contributed by atoms with Gasteiger partial charge in [-0.2, -0.15) is 0 Å². The number of carbonyl (C=O) groups is 2. The minimum Gasteiger partial charge on any atom is -0.351 e. The number of rotatable bonds is 5. The Kier molecular flexibility index (Phi) is 5.77. The Hall–Kier alpha value is -2.05. The number of aromatic nitrogens is 1. The van der Waals surface area contributed by atoms with Gasteiger partial charge in [-0.3, -0.25) is 14.4 Å². The number of fused-ring (bicyclic) bond motifs is 1. The van der Waals surface area contributed by atoms with Crippen molar-refractivity contribution in [2.24, 2.45) is 5.41 Å². The number of H-pyrrole nitrogens is 1. The zero-order valence-corrected chi connectivity index (χ0v) is 16.8. The number of Topliss-reactive ketones (excluding diaryl/α,β-unsaturated/α-hetero) is 1. The highest BCUT2D eigenvalue weighted by Crippen LogP contribution is 2.33. The summed E-state index contributed by atoms with van der Waals surface area (Å²) in [6.07, 6.45) is 1.02. The van der Waals surface area contributed by atoms with E-state index >= 15 is 0 Å². The summed E-state index contributed by atoms with van der Waals surface area (Å²) in [4.78, 5) is 40.8. The van der Waals surface area contributed by atoms with E-state index in [1.54, 1.807) is 11.8 Å². The SMILES string of the molecule is CC1(C)CC(=O)c2cc(C(=O)NCCSc3ccc(Cl)cc3)c(=O)[nH]c2C1. The van der Waals surface area contributed by atoms with Gasteiger partial charge >= 0.3 is 0 Å². The van der Waals surface area contributed by atoms with Crippen LogP contribution in [0.15, 0.2) is 40.0 Å². The van der Waals surface area contributed by atoms with Gasteiger partial charge in [-0.1, -0.05) is 25.4 Å². The molecular formula is C20H21ClN2O3S. The largest absolute Gasteiger partial charge is 0.351 e. The first kappa shape index (κ1) is 19.7. The minimum atomic E-state index is -0.464. The van der Waals surface area contributed by atoms with Crippen LogP contribution >= 0.6 is 23.4 Å². The molecule has 7 heteroatoms. The van der Waals surface area contributed by atoms with Crippen LogP contribution < -0.4 is 10.9 Å². The topological polar surface area (TPSA) is 79.0 Å². The molecule has 2 N–H and O–H groups in total. The first-order valence-corrected chi connectivity index (χ1v) is 10.1. The van der Waals surface area contributed by atoms with E-state index < -0.39 is 11.5 Å². The fraction of sp³-hybridized carbons (Fsp3) is 0.350. The molecule has 1 heterocycles. The van der Waals surface area contributed by atoms with E-state index in [1.807, 2.05) is 38.1 Å². The Morgan fingerprint density at radius 3 is 2.63 bits per heavy atom. The highest BCUT2D eigenvalue weighted by Gasteiger charge is 2.32. The fourth-order valence-electron chi connectivity index (χ4n) is 3.16. The van der Waals surface area contributed by atoms with Gasteiger partial charge in [-0.15, -0.1) is 11.8 Å². The van der Waals surface area contributed by atoms with Crippen molar-refractivity contribution in [2.45, 2.75) is 31.6 Å². The Balaban J connectivity index is 1.63. The Morgan fingerprint density at radius 2 is 1.93 bits per heavy atom. The van der Waals surface area contributed by atoms with Gasteiger partial charge in [0.2, 0.25) is 0 Å². The number of carbonyl (C=O) groups excluding carboxylic acids is 2. The van der Waals surface area contributed by atoms with E-state index in [4.69, 9.17) is 11.6 Å². The van der Waals surface area contributed by atoms with Crippen molar-refractivity contribution < 1.29 is 9.59 Å². The second-order valence-electron chi connectivity index (χ2n) is 7.40. The summed E-state index contributed by atoms with van der Waals surface area (Å²) in [5.74, 6) is 0.154. The van der Waals surface area contributed by atoms with Crippen molar-refractivity contribution in [3.05, 3.63) is 62.5 Å². The van der Waals surface area contributed by atoms with Crippen molar-refractivity contribution in [3.8, 4) is 0 Å². The number of amides is 1. The summed E-state index contributed by atoms with van der Waals surface area (Å²) in [6, 6.07) is 8.89. The van der Waals surface area contributed by atoms with E-state index in [2.05, 4.69) is 10.3 Å². The molecule has 3 rings (SSSR count). The summed E-state index contributed by atoms with van der Waals surface area (Å²) in [5, 5.41) is 3.42. The molecule has 2 aromatic rings. The van der Waals surface area contributed by atoms with Gasteiger partial charge < -0.3 is 10.3 Å². The van der Waals surface area contributed by atoms with Crippen LogP contribution in [0.5, 0.6) is 0 Å². The molecule has 5 nitrogen and oxygen atoms in total. The molecular weight excluding hydrogens is 384 g/mol. The molecule has 1 aromatic heterocycles. The van der Waals surface area contributed by atoms with Gasteiger partial charge in [-0.05, 0) is 42.2 Å². The molecule has 0 radical (unpaired) electrons. The number of hydrogen-bond donors (Lipinski definition) is 2. The zero-order valence-electron chi connectivity index (χ0n) is 15.2. The van der Waals surface area contributed by atoms with Crippen molar-refractivity contribution in [3.63, 3.8) is 0 Å². The molecule has 0 saturated carbocycles. The van der Waals surface area contributed by atoms with E-state index in [0.29, 0.717) is 41.4 Å². The van der Waals surface area contributed by atoms with Crippen molar-refractivity contribution in [1.29, 1.82) is 0 Å². The van der Waals surface area contributed by atoms with Crippen LogP contribution in [0.2, 0.25) is 5.02 Å². The summed E-state index contributed by atoms with van der Waals surface area (Å²) >= 11 is 7.43. The number of halogens is 1. The molecule has 0 bridgehead atoms. The maximum absolute atomic E-state index is 12.4. The standard InChI is InChI=1S/C20H21ClN2O3S/c1-20(2)10-16-14(17(24)11-20)9-15(19(26)23-16)18(25)22-7-8-27-13-5-3-12(21)4-6-13/h3-6,9H,7-8,10-11H2,1-2H3,(H,22,25)(H,23,26). The summed E-state index contributed by atoms with van der Waals surface area (Å²) in [6.45, 7) is 4.39. The third kappa shape index (κ3) is 4.82. The third-order valence-electron chi connectivity index (χ3n) is 4.43. The molecule has 1 aliphatic rings. The lowest BCUT2D eigenvalue weighted by atomic mass is 9.75. The van der Waals surface area contributed by atoms with Gasteiger partial charge in [0.25, 0.3) is 11.5 Å². The maximum atomic E-state index is 12.4. The number of nitrogens with one attached hydrogen (secondary N) is 2. The molecule has 1 aliphatic carbocycles. The van der Waals surface area contributed by atoms with Gasteiger partial charge in [0, 0.05) is 39.9 Å². The van der Waals surface area contributed by atoms with Crippen LogP contribution in [0.25, 0.3) is 0 Å². The summed E-state index contributed by atoms with van der Waals surface area (Å²) < 4.78 is 0. The smallest absolute Gasteiger partial charge is 0.261 e. The summed E-state index contributed by atoms with van der Waals surface area (Å²) in [7, 11) is 0. The van der Waals surface area contributed by atoms with E-state index in [0.717, 1.165) is 4.90 Å². The molecule has 1 amide bonds. The number of thioether (sulfide) groups is 1.